The van der Waals surface area contributed by atoms with Crippen LogP contribution in [0.1, 0.15) is 51.4 Å². The van der Waals surface area contributed by atoms with Gasteiger partial charge in [-0.25, -0.2) is 4.72 Å². The Balaban J connectivity index is 1.92. The summed E-state index contributed by atoms with van der Waals surface area (Å²) in [7, 11) is -3.31. The van der Waals surface area contributed by atoms with Crippen LogP contribution in [0.25, 0.3) is 0 Å². The summed E-state index contributed by atoms with van der Waals surface area (Å²) in [5.41, 5.74) is 5.85. The van der Waals surface area contributed by atoms with Gasteiger partial charge < -0.3 is 5.73 Å². The quantitative estimate of drug-likeness (QED) is 0.799. The largest absolute Gasteiger partial charge is 0.330 e. The maximum Gasteiger partial charge on any atom is 0.279 e. The zero-order chi connectivity index (χ0) is 13.8. The molecule has 0 unspecified atom stereocenters. The third kappa shape index (κ3) is 3.90. The second kappa shape index (κ2) is 6.52. The molecule has 0 aromatic carbocycles. The van der Waals surface area contributed by atoms with Crippen molar-refractivity contribution in [3.63, 3.8) is 0 Å². The minimum atomic E-state index is -3.31. The zero-order valence-electron chi connectivity index (χ0n) is 11.7. The normalized spacial score (nSPS) is 25.3. The van der Waals surface area contributed by atoms with Gasteiger partial charge in [0.2, 0.25) is 0 Å². The molecule has 3 N–H and O–H groups in total. The van der Waals surface area contributed by atoms with Crippen molar-refractivity contribution in [2.24, 2.45) is 11.1 Å². The molecule has 1 saturated carbocycles. The number of hydrogen-bond donors (Lipinski definition) is 2. The summed E-state index contributed by atoms with van der Waals surface area (Å²) in [4.78, 5) is 0. The highest BCUT2D eigenvalue weighted by Crippen LogP contribution is 2.36. The average Bonchev–Trinajstić information content (AvgIpc) is 2.70. The third-order valence-electron chi connectivity index (χ3n) is 4.63. The molecule has 2 fully saturated rings. The van der Waals surface area contributed by atoms with Gasteiger partial charge in [-0.2, -0.15) is 12.7 Å². The molecule has 1 aliphatic carbocycles. The Bertz CT molecular complexity index is 369. The monoisotopic (exact) mass is 289 g/mol. The molecule has 19 heavy (non-hydrogen) atoms. The van der Waals surface area contributed by atoms with Crippen LogP contribution >= 0.6 is 0 Å². The number of nitrogens with zero attached hydrogens (tertiary/aromatic N) is 1. The van der Waals surface area contributed by atoms with Gasteiger partial charge in [0, 0.05) is 19.6 Å². The van der Waals surface area contributed by atoms with Crippen molar-refractivity contribution in [2.75, 3.05) is 26.2 Å². The molecule has 0 spiro atoms. The van der Waals surface area contributed by atoms with E-state index in [1.807, 2.05) is 0 Å². The molecule has 1 aliphatic heterocycles. The second-order valence-electron chi connectivity index (χ2n) is 6.05. The molecule has 6 heteroatoms. The van der Waals surface area contributed by atoms with Crippen LogP contribution in [-0.4, -0.2) is 38.9 Å². The molecule has 2 aliphatic rings. The zero-order valence-corrected chi connectivity index (χ0v) is 12.6. The third-order valence-corrected chi connectivity index (χ3v) is 6.19. The van der Waals surface area contributed by atoms with Crippen LogP contribution in [-0.2, 0) is 10.2 Å². The molecule has 2 rings (SSSR count). The van der Waals surface area contributed by atoms with Crippen molar-refractivity contribution >= 4 is 10.2 Å². The van der Waals surface area contributed by atoms with Crippen LogP contribution in [0.4, 0.5) is 0 Å². The van der Waals surface area contributed by atoms with E-state index in [2.05, 4.69) is 4.72 Å². The van der Waals surface area contributed by atoms with Gasteiger partial charge in [0.05, 0.1) is 0 Å². The Morgan fingerprint density at radius 3 is 2.11 bits per heavy atom. The lowest BCUT2D eigenvalue weighted by Crippen LogP contribution is -2.47. The number of hydrogen-bond acceptors (Lipinski definition) is 3. The summed E-state index contributed by atoms with van der Waals surface area (Å²) < 4.78 is 29.1. The molecule has 0 amide bonds. The van der Waals surface area contributed by atoms with E-state index in [1.165, 1.54) is 12.8 Å². The number of rotatable bonds is 5. The fourth-order valence-corrected chi connectivity index (χ4v) is 4.61. The molecule has 0 aromatic heterocycles. The molecule has 0 atom stereocenters. The first kappa shape index (κ1) is 15.2. The van der Waals surface area contributed by atoms with Crippen molar-refractivity contribution in [2.45, 2.75) is 51.4 Å². The molecular weight excluding hydrogens is 262 g/mol. The van der Waals surface area contributed by atoms with Gasteiger partial charge in [0.25, 0.3) is 10.2 Å². The van der Waals surface area contributed by atoms with E-state index in [0.717, 1.165) is 38.5 Å². The van der Waals surface area contributed by atoms with E-state index in [4.69, 9.17) is 5.73 Å². The lowest BCUT2D eigenvalue weighted by atomic mass is 9.87. The SMILES string of the molecule is NCC1(CNS(=O)(=O)N2CCCCCC2)CCCC1. The molecule has 5 nitrogen and oxygen atoms in total. The summed E-state index contributed by atoms with van der Waals surface area (Å²) in [6.07, 6.45) is 8.66. The first-order valence-electron chi connectivity index (χ1n) is 7.53. The molecule has 1 heterocycles. The van der Waals surface area contributed by atoms with Gasteiger partial charge in [0.1, 0.15) is 0 Å². The predicted molar refractivity (Wildman–Crippen MR) is 76.9 cm³/mol. The van der Waals surface area contributed by atoms with Crippen molar-refractivity contribution in [3.8, 4) is 0 Å². The Hall–Kier alpha value is -0.170. The smallest absolute Gasteiger partial charge is 0.279 e. The van der Waals surface area contributed by atoms with Crippen molar-refractivity contribution in [3.05, 3.63) is 0 Å². The summed E-state index contributed by atoms with van der Waals surface area (Å²) in [6, 6.07) is 0. The molecule has 0 bridgehead atoms. The standard InChI is InChI=1S/C13H27N3O2S/c14-11-13(7-3-4-8-13)12-15-19(17,18)16-9-5-1-2-6-10-16/h15H,1-12,14H2. The summed E-state index contributed by atoms with van der Waals surface area (Å²) in [5.74, 6) is 0. The number of nitrogens with two attached hydrogens (primary N) is 1. The van der Waals surface area contributed by atoms with Crippen LogP contribution < -0.4 is 10.5 Å². The molecule has 0 radical (unpaired) electrons. The average molecular weight is 289 g/mol. The van der Waals surface area contributed by atoms with Crippen LogP contribution in [0.5, 0.6) is 0 Å². The van der Waals surface area contributed by atoms with Gasteiger partial charge in [-0.3, -0.25) is 0 Å². The molecule has 1 saturated heterocycles. The minimum Gasteiger partial charge on any atom is -0.330 e. The van der Waals surface area contributed by atoms with Crippen LogP contribution in [0.15, 0.2) is 0 Å². The summed E-state index contributed by atoms with van der Waals surface area (Å²) >= 11 is 0. The molecule has 112 valence electrons. The summed E-state index contributed by atoms with van der Waals surface area (Å²) in [5, 5.41) is 0. The highest BCUT2D eigenvalue weighted by atomic mass is 32.2. The lowest BCUT2D eigenvalue weighted by molar-refractivity contribution is 0.303. The molecule has 0 aromatic rings. The topological polar surface area (TPSA) is 75.4 Å². The van der Waals surface area contributed by atoms with Gasteiger partial charge >= 0.3 is 0 Å². The fraction of sp³-hybridized carbons (Fsp3) is 1.00. The van der Waals surface area contributed by atoms with E-state index in [9.17, 15) is 8.42 Å². The van der Waals surface area contributed by atoms with Gasteiger partial charge in [-0.1, -0.05) is 25.7 Å². The highest BCUT2D eigenvalue weighted by Gasteiger charge is 2.34. The second-order valence-corrected chi connectivity index (χ2v) is 7.81. The van der Waals surface area contributed by atoms with Gasteiger partial charge in [0.15, 0.2) is 0 Å². The fourth-order valence-electron chi connectivity index (χ4n) is 3.20. The van der Waals surface area contributed by atoms with E-state index < -0.39 is 10.2 Å². The van der Waals surface area contributed by atoms with E-state index >= 15 is 0 Å². The van der Waals surface area contributed by atoms with E-state index in [0.29, 0.717) is 26.2 Å². The van der Waals surface area contributed by atoms with Crippen molar-refractivity contribution < 1.29 is 8.42 Å². The van der Waals surface area contributed by atoms with Crippen LogP contribution in [0, 0.1) is 5.41 Å². The maximum absolute atomic E-state index is 12.3. The van der Waals surface area contributed by atoms with Gasteiger partial charge in [-0.15, -0.1) is 0 Å². The highest BCUT2D eigenvalue weighted by molar-refractivity contribution is 7.87. The van der Waals surface area contributed by atoms with Gasteiger partial charge in [-0.05, 0) is 37.6 Å². The van der Waals surface area contributed by atoms with Crippen molar-refractivity contribution in [1.82, 2.24) is 9.03 Å². The first-order chi connectivity index (χ1) is 9.08. The first-order valence-corrected chi connectivity index (χ1v) is 8.97. The van der Waals surface area contributed by atoms with E-state index in [-0.39, 0.29) is 5.41 Å². The number of nitrogens with one attached hydrogen (secondary N) is 1. The Kier molecular flexibility index (Phi) is 5.22. The Morgan fingerprint density at radius 1 is 1.00 bits per heavy atom. The minimum absolute atomic E-state index is 0.00107. The van der Waals surface area contributed by atoms with Crippen LogP contribution in [0.3, 0.4) is 0 Å². The maximum atomic E-state index is 12.3. The van der Waals surface area contributed by atoms with Crippen molar-refractivity contribution in [1.29, 1.82) is 0 Å². The Morgan fingerprint density at radius 2 is 1.58 bits per heavy atom. The predicted octanol–water partition coefficient (Wildman–Crippen LogP) is 1.22. The Labute approximate surface area is 117 Å². The van der Waals surface area contributed by atoms with E-state index in [1.54, 1.807) is 4.31 Å². The van der Waals surface area contributed by atoms with Crippen LogP contribution in [0.2, 0.25) is 0 Å². The lowest BCUT2D eigenvalue weighted by Gasteiger charge is -2.29. The molecular formula is C13H27N3O2S. The summed E-state index contributed by atoms with van der Waals surface area (Å²) in [6.45, 7) is 2.40.